The number of primary sulfonamides is 1. The summed E-state index contributed by atoms with van der Waals surface area (Å²) in [5.74, 6) is -0.489. The fourth-order valence-corrected chi connectivity index (χ4v) is 1.93. The molecule has 0 aliphatic heterocycles. The molecule has 0 radical (unpaired) electrons. The van der Waals surface area contributed by atoms with Crippen molar-refractivity contribution in [3.8, 4) is 0 Å². The molecule has 1 amide bonds. The fraction of sp³-hybridized carbons (Fsp3) is 0. The Morgan fingerprint density at radius 2 is 1.75 bits per heavy atom. The third-order valence-electron chi connectivity index (χ3n) is 2.40. The van der Waals surface area contributed by atoms with Gasteiger partial charge in [0.15, 0.2) is 0 Å². The third-order valence-corrected chi connectivity index (χ3v) is 3.33. The summed E-state index contributed by atoms with van der Waals surface area (Å²) < 4.78 is 26.7. The number of rotatable bonds is 3. The lowest BCUT2D eigenvalue weighted by molar-refractivity contribution is 0.102. The van der Waals surface area contributed by atoms with E-state index in [0.29, 0.717) is 5.69 Å². The van der Waals surface area contributed by atoms with E-state index in [1.807, 2.05) is 0 Å². The van der Waals surface area contributed by atoms with Crippen molar-refractivity contribution in [2.45, 2.75) is 4.90 Å². The summed E-state index contributed by atoms with van der Waals surface area (Å²) in [7, 11) is -3.77. The minimum Gasteiger partial charge on any atom is -0.430 e. The number of carbonyl (C=O) groups is 1. The van der Waals surface area contributed by atoms with Crippen molar-refractivity contribution in [2.75, 3.05) is 5.32 Å². The van der Waals surface area contributed by atoms with Gasteiger partial charge in [-0.05, 0) is 30.3 Å². The van der Waals surface area contributed by atoms with Crippen LogP contribution in [0.1, 0.15) is 10.4 Å². The Morgan fingerprint density at radius 3 is 2.25 bits per heavy atom. The van der Waals surface area contributed by atoms with E-state index in [0.717, 1.165) is 12.3 Å². The molecule has 0 bridgehead atoms. The zero-order chi connectivity index (χ0) is 14.8. The first-order valence-corrected chi connectivity index (χ1v) is 6.94. The molecule has 3 N–H and O–H groups in total. The Hall–Kier alpha value is -2.45. The molecule has 0 saturated heterocycles. The summed E-state index contributed by atoms with van der Waals surface area (Å²) in [4.78, 5) is 22.5. The van der Waals surface area contributed by atoms with Gasteiger partial charge in [-0.2, -0.15) is 0 Å². The van der Waals surface area contributed by atoms with Gasteiger partial charge in [-0.15, -0.1) is 0 Å². The molecule has 7 nitrogen and oxygen atoms in total. The summed E-state index contributed by atoms with van der Waals surface area (Å²) in [5, 5.41) is 7.48. The minimum absolute atomic E-state index is 0.0544. The highest BCUT2D eigenvalue weighted by Crippen LogP contribution is 2.13. The van der Waals surface area contributed by atoms with Crippen molar-refractivity contribution in [1.82, 2.24) is 0 Å². The van der Waals surface area contributed by atoms with Gasteiger partial charge in [0.1, 0.15) is 6.26 Å². The molecule has 0 atom stereocenters. The molecule has 1 heterocycles. The number of amides is 1. The van der Waals surface area contributed by atoms with E-state index in [-0.39, 0.29) is 10.5 Å². The number of anilines is 1. The maximum Gasteiger partial charge on any atom is 0.335 e. The van der Waals surface area contributed by atoms with Gasteiger partial charge in [-0.25, -0.2) is 18.4 Å². The first-order valence-electron chi connectivity index (χ1n) is 5.39. The van der Waals surface area contributed by atoms with Crippen molar-refractivity contribution >= 4 is 21.6 Å². The molecular weight excluding hydrogens is 284 g/mol. The molecule has 2 rings (SSSR count). The zero-order valence-corrected chi connectivity index (χ0v) is 10.9. The minimum atomic E-state index is -3.77. The number of sulfonamides is 1. The van der Waals surface area contributed by atoms with Gasteiger partial charge in [0, 0.05) is 11.8 Å². The van der Waals surface area contributed by atoms with Gasteiger partial charge < -0.3 is 9.73 Å². The number of hydrogen-bond donors (Lipinski definition) is 2. The number of benzene rings is 1. The first-order chi connectivity index (χ1) is 9.36. The van der Waals surface area contributed by atoms with Gasteiger partial charge in [0.05, 0.1) is 10.5 Å². The second kappa shape index (κ2) is 5.27. The van der Waals surface area contributed by atoms with E-state index in [1.165, 1.54) is 30.3 Å². The summed E-state index contributed by atoms with van der Waals surface area (Å²) in [6.45, 7) is 0. The topological polar surface area (TPSA) is 119 Å². The van der Waals surface area contributed by atoms with Crippen LogP contribution in [0.4, 0.5) is 5.69 Å². The summed E-state index contributed by atoms with van der Waals surface area (Å²) in [6, 6.07) is 7.79. The number of nitrogens with one attached hydrogen (secondary N) is 1. The van der Waals surface area contributed by atoms with Crippen LogP contribution < -0.4 is 16.1 Å². The third kappa shape index (κ3) is 3.31. The molecular formula is C12H10N2O5S. The van der Waals surface area contributed by atoms with Gasteiger partial charge in [0.25, 0.3) is 5.91 Å². The van der Waals surface area contributed by atoms with Crippen LogP contribution in [0.15, 0.2) is 56.8 Å². The van der Waals surface area contributed by atoms with Crippen molar-refractivity contribution in [3.63, 3.8) is 0 Å². The van der Waals surface area contributed by atoms with E-state index in [2.05, 4.69) is 9.73 Å². The fourth-order valence-electron chi connectivity index (χ4n) is 1.42. The maximum atomic E-state index is 11.8. The molecule has 0 saturated carbocycles. The van der Waals surface area contributed by atoms with Crippen molar-refractivity contribution in [1.29, 1.82) is 0 Å². The largest absolute Gasteiger partial charge is 0.430 e. The molecule has 0 aliphatic rings. The second-order valence-corrected chi connectivity index (χ2v) is 5.43. The monoisotopic (exact) mass is 294 g/mol. The molecule has 2 aromatic rings. The lowest BCUT2D eigenvalue weighted by Gasteiger charge is -2.05. The van der Waals surface area contributed by atoms with Crippen molar-refractivity contribution in [3.05, 3.63) is 58.6 Å². The van der Waals surface area contributed by atoms with Gasteiger partial charge in [-0.3, -0.25) is 4.79 Å². The van der Waals surface area contributed by atoms with Crippen LogP contribution >= 0.6 is 0 Å². The standard InChI is InChI=1S/C12H10N2O5S/c13-20(17,18)10-4-2-9(3-5-10)14-12(16)8-1-6-11(15)19-7-8/h1-7H,(H,14,16)(H2,13,17,18). The summed E-state index contributed by atoms with van der Waals surface area (Å²) in [6.07, 6.45) is 1.04. The SMILES string of the molecule is NS(=O)(=O)c1ccc(NC(=O)c2ccc(=O)oc2)cc1. The maximum absolute atomic E-state index is 11.8. The normalized spacial score (nSPS) is 11.1. The molecule has 1 aromatic carbocycles. The molecule has 0 unspecified atom stereocenters. The van der Waals surface area contributed by atoms with Gasteiger partial charge in [-0.1, -0.05) is 0 Å². The number of carbonyl (C=O) groups excluding carboxylic acids is 1. The van der Waals surface area contributed by atoms with Gasteiger partial charge >= 0.3 is 5.63 Å². The molecule has 1 aromatic heterocycles. The summed E-state index contributed by atoms with van der Waals surface area (Å²) in [5.41, 5.74) is -0.00669. The highest BCUT2D eigenvalue weighted by atomic mass is 32.2. The Labute approximate surface area is 114 Å². The average molecular weight is 294 g/mol. The van der Waals surface area contributed by atoms with Crippen LogP contribution in [0.25, 0.3) is 0 Å². The quantitative estimate of drug-likeness (QED) is 0.856. The van der Waals surface area contributed by atoms with Crippen LogP contribution in [0, 0.1) is 0 Å². The summed E-state index contributed by atoms with van der Waals surface area (Å²) >= 11 is 0. The second-order valence-electron chi connectivity index (χ2n) is 3.87. The van der Waals surface area contributed by atoms with Crippen LogP contribution in [-0.2, 0) is 10.0 Å². The predicted octanol–water partition coefficient (Wildman–Crippen LogP) is 0.540. The van der Waals surface area contributed by atoms with E-state index in [9.17, 15) is 18.0 Å². The van der Waals surface area contributed by atoms with Crippen molar-refractivity contribution < 1.29 is 17.6 Å². The number of nitrogens with two attached hydrogens (primary N) is 1. The molecule has 0 spiro atoms. The van der Waals surface area contributed by atoms with E-state index in [1.54, 1.807) is 0 Å². The molecule has 0 fully saturated rings. The van der Waals surface area contributed by atoms with Crippen LogP contribution in [0.5, 0.6) is 0 Å². The highest BCUT2D eigenvalue weighted by molar-refractivity contribution is 7.89. The Kier molecular flexibility index (Phi) is 3.68. The van der Waals surface area contributed by atoms with Crippen LogP contribution in [-0.4, -0.2) is 14.3 Å². The zero-order valence-electron chi connectivity index (χ0n) is 10.1. The Balaban J connectivity index is 2.16. The Morgan fingerprint density at radius 1 is 1.10 bits per heavy atom. The van der Waals surface area contributed by atoms with Crippen LogP contribution in [0.3, 0.4) is 0 Å². The molecule has 104 valence electrons. The number of hydrogen-bond acceptors (Lipinski definition) is 5. The van der Waals surface area contributed by atoms with Crippen LogP contribution in [0.2, 0.25) is 0 Å². The Bertz CT molecular complexity index is 773. The van der Waals surface area contributed by atoms with Crippen molar-refractivity contribution in [2.24, 2.45) is 5.14 Å². The smallest absolute Gasteiger partial charge is 0.335 e. The molecule has 0 aliphatic carbocycles. The van der Waals surface area contributed by atoms with E-state index < -0.39 is 21.6 Å². The highest BCUT2D eigenvalue weighted by Gasteiger charge is 2.09. The lowest BCUT2D eigenvalue weighted by Crippen LogP contribution is -2.14. The first kappa shape index (κ1) is 14.0. The van der Waals surface area contributed by atoms with Gasteiger partial charge in [0.2, 0.25) is 10.0 Å². The molecule has 20 heavy (non-hydrogen) atoms. The van der Waals surface area contributed by atoms with E-state index >= 15 is 0 Å². The lowest BCUT2D eigenvalue weighted by atomic mass is 10.2. The molecule has 8 heteroatoms. The van der Waals surface area contributed by atoms with E-state index in [4.69, 9.17) is 5.14 Å². The average Bonchev–Trinajstić information content (AvgIpc) is 2.39. The predicted molar refractivity (Wildman–Crippen MR) is 70.7 cm³/mol.